The average molecular weight is 525 g/mol. The Bertz CT molecular complexity index is 846. The van der Waals surface area contributed by atoms with Crippen LogP contribution in [0.3, 0.4) is 0 Å². The second-order valence-electron chi connectivity index (χ2n) is 7.41. The minimum absolute atomic E-state index is 0. The fraction of sp³-hybridized carbons (Fsp3) is 0.476. The number of rotatable bonds is 6. The first kappa shape index (κ1) is 22.4. The number of ether oxygens (including phenoxy) is 1. The second-order valence-corrected chi connectivity index (χ2v) is 7.41. The molecule has 8 nitrogen and oxygen atoms in total. The molecule has 3 heterocycles. The highest BCUT2D eigenvalue weighted by molar-refractivity contribution is 14.0. The van der Waals surface area contributed by atoms with Crippen LogP contribution in [0.25, 0.3) is 0 Å². The van der Waals surface area contributed by atoms with Gasteiger partial charge in [-0.15, -0.1) is 24.0 Å². The quantitative estimate of drug-likeness (QED) is 0.355. The summed E-state index contributed by atoms with van der Waals surface area (Å²) in [7, 11) is 1.78. The predicted octanol–water partition coefficient (Wildman–Crippen LogP) is 2.61. The van der Waals surface area contributed by atoms with E-state index in [1.807, 2.05) is 17.0 Å². The average Bonchev–Trinajstić information content (AvgIpc) is 3.43. The Morgan fingerprint density at radius 1 is 1.27 bits per heavy atom. The summed E-state index contributed by atoms with van der Waals surface area (Å²) in [5.41, 5.74) is 1.10. The standard InChI is InChI=1S/C21H27N5O3.HI/c1-22-21(24-14-17-6-7-23-19(13-17)29-15-16-4-5-16)26-10-8-25(9-11-26)20(27)18-3-2-12-28-18;/h2-3,6-7,12-13,16H,4-5,8-11,14-15H2,1H3,(H,22,24);1H. The number of carbonyl (C=O) groups is 1. The summed E-state index contributed by atoms with van der Waals surface area (Å²) in [6.45, 7) is 4.10. The van der Waals surface area contributed by atoms with Crippen LogP contribution in [0.2, 0.25) is 0 Å². The van der Waals surface area contributed by atoms with E-state index in [4.69, 9.17) is 9.15 Å². The zero-order valence-electron chi connectivity index (χ0n) is 17.1. The number of nitrogens with zero attached hydrogens (tertiary/aromatic N) is 4. The molecule has 0 radical (unpaired) electrons. The van der Waals surface area contributed by atoms with Crippen molar-refractivity contribution in [2.75, 3.05) is 39.8 Å². The van der Waals surface area contributed by atoms with E-state index in [0.717, 1.165) is 31.2 Å². The molecule has 2 fully saturated rings. The summed E-state index contributed by atoms with van der Waals surface area (Å²) in [6, 6.07) is 7.39. The molecule has 1 aliphatic heterocycles. The summed E-state index contributed by atoms with van der Waals surface area (Å²) in [5.74, 6) is 2.53. The summed E-state index contributed by atoms with van der Waals surface area (Å²) in [6.07, 6.45) is 5.83. The zero-order valence-corrected chi connectivity index (χ0v) is 19.5. The number of guanidine groups is 1. The van der Waals surface area contributed by atoms with Crippen LogP contribution in [-0.2, 0) is 6.54 Å². The lowest BCUT2D eigenvalue weighted by molar-refractivity contribution is 0.0657. The Morgan fingerprint density at radius 3 is 2.70 bits per heavy atom. The highest BCUT2D eigenvalue weighted by atomic mass is 127. The molecule has 0 spiro atoms. The van der Waals surface area contributed by atoms with Gasteiger partial charge in [-0.1, -0.05) is 0 Å². The topological polar surface area (TPSA) is 83.2 Å². The van der Waals surface area contributed by atoms with Crippen molar-refractivity contribution in [3.63, 3.8) is 0 Å². The van der Waals surface area contributed by atoms with E-state index >= 15 is 0 Å². The Hall–Kier alpha value is -2.30. The van der Waals surface area contributed by atoms with Gasteiger partial charge in [0.2, 0.25) is 5.88 Å². The normalized spacial score (nSPS) is 16.8. The molecule has 1 N–H and O–H groups in total. The van der Waals surface area contributed by atoms with Gasteiger partial charge in [-0.25, -0.2) is 4.98 Å². The minimum Gasteiger partial charge on any atom is -0.477 e. The number of hydrogen-bond donors (Lipinski definition) is 1. The van der Waals surface area contributed by atoms with Crippen LogP contribution in [-0.4, -0.2) is 66.5 Å². The maximum atomic E-state index is 12.4. The lowest BCUT2D eigenvalue weighted by Crippen LogP contribution is -2.53. The van der Waals surface area contributed by atoms with Crippen LogP contribution in [0.5, 0.6) is 5.88 Å². The molecule has 0 bridgehead atoms. The lowest BCUT2D eigenvalue weighted by atomic mass is 10.2. The molecule has 2 aromatic rings. The van der Waals surface area contributed by atoms with E-state index in [-0.39, 0.29) is 29.9 Å². The number of piperazine rings is 1. The number of halogens is 1. The van der Waals surface area contributed by atoms with Crippen LogP contribution >= 0.6 is 24.0 Å². The molecule has 1 amide bonds. The van der Waals surface area contributed by atoms with E-state index in [1.54, 1.807) is 25.4 Å². The van der Waals surface area contributed by atoms with Gasteiger partial charge in [0, 0.05) is 52.0 Å². The van der Waals surface area contributed by atoms with Crippen molar-refractivity contribution in [1.82, 2.24) is 20.1 Å². The highest BCUT2D eigenvalue weighted by Gasteiger charge is 2.25. The van der Waals surface area contributed by atoms with E-state index in [9.17, 15) is 4.79 Å². The van der Waals surface area contributed by atoms with E-state index in [1.165, 1.54) is 19.1 Å². The Kier molecular flexibility index (Phi) is 7.94. The molecule has 1 aliphatic carbocycles. The first-order valence-electron chi connectivity index (χ1n) is 10.1. The number of aromatic nitrogens is 1. The Labute approximate surface area is 193 Å². The van der Waals surface area contributed by atoms with E-state index in [0.29, 0.717) is 37.2 Å². The zero-order chi connectivity index (χ0) is 20.1. The van der Waals surface area contributed by atoms with E-state index < -0.39 is 0 Å². The fourth-order valence-corrected chi connectivity index (χ4v) is 3.32. The van der Waals surface area contributed by atoms with E-state index in [2.05, 4.69) is 20.2 Å². The van der Waals surface area contributed by atoms with Gasteiger partial charge in [0.1, 0.15) is 0 Å². The lowest BCUT2D eigenvalue weighted by Gasteiger charge is -2.36. The molecule has 4 rings (SSSR count). The van der Waals surface area contributed by atoms with Crippen molar-refractivity contribution in [3.05, 3.63) is 48.0 Å². The van der Waals surface area contributed by atoms with Crippen molar-refractivity contribution in [2.45, 2.75) is 19.4 Å². The maximum Gasteiger partial charge on any atom is 0.289 e. The molecule has 2 aromatic heterocycles. The number of furan rings is 1. The highest BCUT2D eigenvalue weighted by Crippen LogP contribution is 2.29. The number of carbonyl (C=O) groups excluding carboxylic acids is 1. The summed E-state index contributed by atoms with van der Waals surface area (Å²) >= 11 is 0. The van der Waals surface area contributed by atoms with Gasteiger partial charge >= 0.3 is 0 Å². The third-order valence-corrected chi connectivity index (χ3v) is 5.22. The third kappa shape index (κ3) is 5.87. The summed E-state index contributed by atoms with van der Waals surface area (Å²) < 4.78 is 11.0. The smallest absolute Gasteiger partial charge is 0.289 e. The molecule has 0 atom stereocenters. The van der Waals surface area contributed by atoms with Crippen LogP contribution in [0.4, 0.5) is 0 Å². The Morgan fingerprint density at radius 2 is 2.03 bits per heavy atom. The monoisotopic (exact) mass is 525 g/mol. The second kappa shape index (κ2) is 10.6. The first-order valence-corrected chi connectivity index (χ1v) is 10.1. The summed E-state index contributed by atoms with van der Waals surface area (Å²) in [4.78, 5) is 25.1. The molecule has 1 saturated heterocycles. The summed E-state index contributed by atoms with van der Waals surface area (Å²) in [5, 5.41) is 3.40. The largest absolute Gasteiger partial charge is 0.477 e. The first-order chi connectivity index (χ1) is 14.2. The van der Waals surface area contributed by atoms with Crippen molar-refractivity contribution in [1.29, 1.82) is 0 Å². The fourth-order valence-electron chi connectivity index (χ4n) is 3.32. The molecular weight excluding hydrogens is 497 g/mol. The Balaban J connectivity index is 0.00000256. The number of pyridine rings is 1. The molecule has 1 saturated carbocycles. The van der Waals surface area contributed by atoms with Gasteiger partial charge in [-0.3, -0.25) is 9.79 Å². The van der Waals surface area contributed by atoms with Gasteiger partial charge in [-0.05, 0) is 42.5 Å². The molecule has 2 aliphatic rings. The van der Waals surface area contributed by atoms with Gasteiger partial charge in [0.25, 0.3) is 5.91 Å². The van der Waals surface area contributed by atoms with Crippen LogP contribution in [0.1, 0.15) is 29.0 Å². The van der Waals surface area contributed by atoms with Crippen LogP contribution in [0, 0.1) is 5.92 Å². The predicted molar refractivity (Wildman–Crippen MR) is 124 cm³/mol. The molecule has 9 heteroatoms. The van der Waals surface area contributed by atoms with Gasteiger partial charge in [-0.2, -0.15) is 0 Å². The van der Waals surface area contributed by atoms with Gasteiger partial charge in [0.15, 0.2) is 11.7 Å². The number of aliphatic imine (C=N–C) groups is 1. The molecule has 0 aromatic carbocycles. The number of amides is 1. The minimum atomic E-state index is -0.0619. The van der Waals surface area contributed by atoms with Gasteiger partial charge < -0.3 is 24.3 Å². The van der Waals surface area contributed by atoms with Crippen molar-refractivity contribution in [2.24, 2.45) is 10.9 Å². The molecule has 0 unspecified atom stereocenters. The van der Waals surface area contributed by atoms with Crippen LogP contribution < -0.4 is 10.1 Å². The third-order valence-electron chi connectivity index (χ3n) is 5.22. The van der Waals surface area contributed by atoms with Crippen LogP contribution in [0.15, 0.2) is 46.1 Å². The maximum absolute atomic E-state index is 12.4. The number of nitrogens with one attached hydrogen (secondary N) is 1. The van der Waals surface area contributed by atoms with Crippen molar-refractivity contribution < 1.29 is 13.9 Å². The van der Waals surface area contributed by atoms with Crippen molar-refractivity contribution >= 4 is 35.8 Å². The molecule has 162 valence electrons. The SMILES string of the molecule is CN=C(NCc1ccnc(OCC2CC2)c1)N1CCN(C(=O)c2ccco2)CC1.I. The number of hydrogen-bond acceptors (Lipinski definition) is 5. The van der Waals surface area contributed by atoms with Gasteiger partial charge in [0.05, 0.1) is 12.9 Å². The molecule has 30 heavy (non-hydrogen) atoms. The molecular formula is C21H28IN5O3. The van der Waals surface area contributed by atoms with Crippen molar-refractivity contribution in [3.8, 4) is 5.88 Å².